The van der Waals surface area contributed by atoms with E-state index in [4.69, 9.17) is 0 Å². The third-order valence-corrected chi connectivity index (χ3v) is 2.30. The molecule has 0 saturated heterocycles. The predicted molar refractivity (Wildman–Crippen MR) is 71.9 cm³/mol. The van der Waals surface area contributed by atoms with Gasteiger partial charge in [-0.3, -0.25) is 4.79 Å². The van der Waals surface area contributed by atoms with Crippen molar-refractivity contribution in [1.82, 2.24) is 5.32 Å². The molecule has 0 radical (unpaired) electrons. The molecule has 0 aliphatic heterocycles. The molecule has 0 bridgehead atoms. The quantitative estimate of drug-likeness (QED) is 0.605. The molecule has 0 unspecified atom stereocenters. The Balaban J connectivity index is 2.57. The van der Waals surface area contributed by atoms with E-state index in [0.717, 1.165) is 24.3 Å². The molecule has 0 spiro atoms. The lowest BCUT2D eigenvalue weighted by atomic mass is 10.1. The van der Waals surface area contributed by atoms with Crippen LogP contribution in [0.1, 0.15) is 26.3 Å². The van der Waals surface area contributed by atoms with Crippen LogP contribution in [0, 0.1) is 0 Å². The highest BCUT2D eigenvalue weighted by Gasteiger charge is 2.01. The Bertz CT molecular complexity index is 406. The maximum absolute atomic E-state index is 11.0. The molecule has 92 valence electrons. The summed E-state index contributed by atoms with van der Waals surface area (Å²) in [5, 5.41) is 6.15. The van der Waals surface area contributed by atoms with Crippen LogP contribution in [0.3, 0.4) is 0 Å². The van der Waals surface area contributed by atoms with E-state index in [-0.39, 0.29) is 5.91 Å². The molecule has 0 aromatic heterocycles. The Labute approximate surface area is 103 Å². The topological polar surface area (TPSA) is 41.1 Å². The number of para-hydroxylation sites is 1. The van der Waals surface area contributed by atoms with Crippen molar-refractivity contribution in [3.05, 3.63) is 41.5 Å². The van der Waals surface area contributed by atoms with Crippen LogP contribution in [-0.4, -0.2) is 12.5 Å². The van der Waals surface area contributed by atoms with Gasteiger partial charge < -0.3 is 10.6 Å². The summed E-state index contributed by atoms with van der Waals surface area (Å²) < 4.78 is 0. The standard InChI is InChI=1S/C14H20N2O/c1-11(2)8-9-15-10-13-6-4-5-7-14(13)16-12(3)17/h4-8,15H,9-10H2,1-3H3,(H,16,17). The molecule has 17 heavy (non-hydrogen) atoms. The van der Waals surface area contributed by atoms with Gasteiger partial charge in [0, 0.05) is 25.7 Å². The van der Waals surface area contributed by atoms with Crippen LogP contribution in [-0.2, 0) is 11.3 Å². The van der Waals surface area contributed by atoms with Crippen LogP contribution in [0.15, 0.2) is 35.9 Å². The fourth-order valence-electron chi connectivity index (χ4n) is 1.47. The molecule has 2 N–H and O–H groups in total. The van der Waals surface area contributed by atoms with Crippen molar-refractivity contribution in [3.63, 3.8) is 0 Å². The first-order chi connectivity index (χ1) is 8.09. The first-order valence-electron chi connectivity index (χ1n) is 5.79. The molecule has 0 aliphatic rings. The van der Waals surface area contributed by atoms with E-state index in [9.17, 15) is 4.79 Å². The van der Waals surface area contributed by atoms with Gasteiger partial charge in [-0.05, 0) is 25.5 Å². The Morgan fingerprint density at radius 2 is 1.94 bits per heavy atom. The molecule has 1 amide bonds. The number of allylic oxidation sites excluding steroid dienone is 1. The largest absolute Gasteiger partial charge is 0.326 e. The van der Waals surface area contributed by atoms with Gasteiger partial charge in [0.2, 0.25) is 5.91 Å². The van der Waals surface area contributed by atoms with E-state index in [1.165, 1.54) is 12.5 Å². The minimum Gasteiger partial charge on any atom is -0.326 e. The van der Waals surface area contributed by atoms with Crippen LogP contribution in [0.4, 0.5) is 5.69 Å². The van der Waals surface area contributed by atoms with E-state index in [0.29, 0.717) is 0 Å². The normalized spacial score (nSPS) is 9.82. The Kier molecular flexibility index (Phi) is 5.43. The van der Waals surface area contributed by atoms with Crippen LogP contribution in [0.2, 0.25) is 0 Å². The molecule has 0 saturated carbocycles. The summed E-state index contributed by atoms with van der Waals surface area (Å²) in [6, 6.07) is 7.83. The molecule has 1 rings (SSSR count). The molecule has 3 heteroatoms. The first-order valence-corrected chi connectivity index (χ1v) is 5.79. The lowest BCUT2D eigenvalue weighted by molar-refractivity contribution is -0.114. The van der Waals surface area contributed by atoms with Gasteiger partial charge in [-0.2, -0.15) is 0 Å². The number of nitrogens with one attached hydrogen (secondary N) is 2. The van der Waals surface area contributed by atoms with Crippen molar-refractivity contribution in [1.29, 1.82) is 0 Å². The highest BCUT2D eigenvalue weighted by molar-refractivity contribution is 5.89. The number of anilines is 1. The van der Waals surface area contributed by atoms with Crippen molar-refractivity contribution in [3.8, 4) is 0 Å². The van der Waals surface area contributed by atoms with Gasteiger partial charge in [-0.15, -0.1) is 0 Å². The van der Waals surface area contributed by atoms with Crippen molar-refractivity contribution in [2.24, 2.45) is 0 Å². The van der Waals surface area contributed by atoms with Crippen molar-refractivity contribution < 1.29 is 4.79 Å². The van der Waals surface area contributed by atoms with Crippen molar-refractivity contribution in [2.45, 2.75) is 27.3 Å². The second-order valence-corrected chi connectivity index (χ2v) is 4.25. The van der Waals surface area contributed by atoms with E-state index in [1.807, 2.05) is 24.3 Å². The summed E-state index contributed by atoms with van der Waals surface area (Å²) in [4.78, 5) is 11.0. The Morgan fingerprint density at radius 3 is 2.59 bits per heavy atom. The lowest BCUT2D eigenvalue weighted by Gasteiger charge is -2.10. The van der Waals surface area contributed by atoms with Gasteiger partial charge >= 0.3 is 0 Å². The predicted octanol–water partition coefficient (Wildman–Crippen LogP) is 2.70. The zero-order valence-electron chi connectivity index (χ0n) is 10.7. The molecular weight excluding hydrogens is 212 g/mol. The molecule has 0 atom stereocenters. The van der Waals surface area contributed by atoms with Crippen LogP contribution < -0.4 is 10.6 Å². The average Bonchev–Trinajstić information content (AvgIpc) is 2.25. The van der Waals surface area contributed by atoms with E-state index in [2.05, 4.69) is 30.6 Å². The summed E-state index contributed by atoms with van der Waals surface area (Å²) in [5.74, 6) is -0.0400. The fraction of sp³-hybridized carbons (Fsp3) is 0.357. The van der Waals surface area contributed by atoms with E-state index < -0.39 is 0 Å². The highest BCUT2D eigenvalue weighted by Crippen LogP contribution is 2.14. The van der Waals surface area contributed by atoms with Gasteiger partial charge in [0.1, 0.15) is 0 Å². The maximum atomic E-state index is 11.0. The van der Waals surface area contributed by atoms with Crippen molar-refractivity contribution in [2.75, 3.05) is 11.9 Å². The van der Waals surface area contributed by atoms with Gasteiger partial charge in [0.25, 0.3) is 0 Å². The van der Waals surface area contributed by atoms with Crippen LogP contribution >= 0.6 is 0 Å². The monoisotopic (exact) mass is 232 g/mol. The Morgan fingerprint density at radius 1 is 1.24 bits per heavy atom. The fourth-order valence-corrected chi connectivity index (χ4v) is 1.47. The number of benzene rings is 1. The van der Waals surface area contributed by atoms with E-state index >= 15 is 0 Å². The number of hydrogen-bond donors (Lipinski definition) is 2. The molecule has 1 aromatic rings. The maximum Gasteiger partial charge on any atom is 0.221 e. The van der Waals surface area contributed by atoms with Gasteiger partial charge in [-0.25, -0.2) is 0 Å². The number of hydrogen-bond acceptors (Lipinski definition) is 2. The zero-order chi connectivity index (χ0) is 12.7. The summed E-state index contributed by atoms with van der Waals surface area (Å²) >= 11 is 0. The summed E-state index contributed by atoms with van der Waals surface area (Å²) in [6.07, 6.45) is 2.14. The summed E-state index contributed by atoms with van der Waals surface area (Å²) in [6.45, 7) is 7.27. The van der Waals surface area contributed by atoms with Gasteiger partial charge in [0.15, 0.2) is 0 Å². The molecule has 0 heterocycles. The molecule has 0 fully saturated rings. The molecule has 0 aliphatic carbocycles. The highest BCUT2D eigenvalue weighted by atomic mass is 16.1. The zero-order valence-corrected chi connectivity index (χ0v) is 10.7. The first kappa shape index (κ1) is 13.5. The minimum atomic E-state index is -0.0400. The Hall–Kier alpha value is -1.61. The van der Waals surface area contributed by atoms with Gasteiger partial charge in [0.05, 0.1) is 0 Å². The SMILES string of the molecule is CC(=O)Nc1ccccc1CNCC=C(C)C. The smallest absolute Gasteiger partial charge is 0.221 e. The number of carbonyl (C=O) groups excluding carboxylic acids is 1. The minimum absolute atomic E-state index is 0.0400. The van der Waals surface area contributed by atoms with Gasteiger partial charge in [-0.1, -0.05) is 29.8 Å². The second kappa shape index (κ2) is 6.86. The third kappa shape index (κ3) is 5.31. The molecular formula is C14H20N2O. The number of rotatable bonds is 5. The lowest BCUT2D eigenvalue weighted by Crippen LogP contribution is -2.16. The molecule has 3 nitrogen and oxygen atoms in total. The summed E-state index contributed by atoms with van der Waals surface area (Å²) in [5.41, 5.74) is 3.28. The van der Waals surface area contributed by atoms with E-state index in [1.54, 1.807) is 0 Å². The second-order valence-electron chi connectivity index (χ2n) is 4.25. The number of amides is 1. The van der Waals surface area contributed by atoms with Crippen LogP contribution in [0.25, 0.3) is 0 Å². The number of carbonyl (C=O) groups is 1. The average molecular weight is 232 g/mol. The molecule has 1 aromatic carbocycles. The van der Waals surface area contributed by atoms with Crippen LogP contribution in [0.5, 0.6) is 0 Å². The van der Waals surface area contributed by atoms with Crippen molar-refractivity contribution >= 4 is 11.6 Å². The summed E-state index contributed by atoms with van der Waals surface area (Å²) in [7, 11) is 0. The third-order valence-electron chi connectivity index (χ3n) is 2.30.